The number of carbonyl (C=O) groups excluding carboxylic acids is 1. The molecule has 0 saturated carbocycles. The highest BCUT2D eigenvalue weighted by Crippen LogP contribution is 2.02. The quantitative estimate of drug-likeness (QED) is 0.693. The molecule has 0 aromatic carbocycles. The topological polar surface area (TPSA) is 41.6 Å². The maximum absolute atomic E-state index is 12.0. The van der Waals surface area contributed by atoms with Gasteiger partial charge in [0.25, 0.3) is 0 Å². The van der Waals surface area contributed by atoms with Crippen LogP contribution in [0.5, 0.6) is 0 Å². The lowest BCUT2D eigenvalue weighted by Crippen LogP contribution is -2.49. The van der Waals surface area contributed by atoms with E-state index in [0.717, 1.165) is 26.1 Å². The Kier molecular flexibility index (Phi) is 7.64. The van der Waals surface area contributed by atoms with E-state index in [0.29, 0.717) is 13.2 Å². The molecule has 0 aromatic rings. The van der Waals surface area contributed by atoms with Gasteiger partial charge < -0.3 is 15.0 Å². The smallest absolute Gasteiger partial charge is 0.239 e. The summed E-state index contributed by atoms with van der Waals surface area (Å²) in [6.07, 6.45) is 1.12. The van der Waals surface area contributed by atoms with E-state index < -0.39 is 0 Å². The third-order valence-electron chi connectivity index (χ3n) is 2.81. The predicted molar refractivity (Wildman–Crippen MR) is 72.5 cm³/mol. The van der Waals surface area contributed by atoms with Gasteiger partial charge >= 0.3 is 0 Å². The summed E-state index contributed by atoms with van der Waals surface area (Å²) in [5.74, 6) is 2.54. The lowest BCUT2D eigenvalue weighted by Gasteiger charge is -2.29. The number of ether oxygens (including phenoxy) is 1. The zero-order valence-corrected chi connectivity index (χ0v) is 11.7. The van der Waals surface area contributed by atoms with E-state index in [1.165, 1.54) is 11.5 Å². The number of amides is 1. The third kappa shape index (κ3) is 5.75. The molecule has 0 bridgehead atoms. The van der Waals surface area contributed by atoms with Crippen LogP contribution in [0, 0.1) is 0 Å². The van der Waals surface area contributed by atoms with Crippen molar-refractivity contribution in [3.05, 3.63) is 0 Å². The fraction of sp³-hybridized carbons (Fsp3) is 0.917. The SMILES string of the molecule is CCSCCCNC(C)C(=O)N1CCOCC1. The summed E-state index contributed by atoms with van der Waals surface area (Å²) in [6.45, 7) is 7.85. The minimum atomic E-state index is -0.0697. The fourth-order valence-corrected chi connectivity index (χ4v) is 2.42. The first kappa shape index (κ1) is 14.8. The Hall–Kier alpha value is -0.260. The first-order valence-corrected chi connectivity index (χ1v) is 7.58. The predicted octanol–water partition coefficient (Wildman–Crippen LogP) is 0.967. The number of nitrogens with zero attached hydrogens (tertiary/aromatic N) is 1. The van der Waals surface area contributed by atoms with Gasteiger partial charge in [0.15, 0.2) is 0 Å². The highest BCUT2D eigenvalue weighted by atomic mass is 32.2. The molecule has 0 aromatic heterocycles. The van der Waals surface area contributed by atoms with Crippen molar-refractivity contribution in [1.82, 2.24) is 10.2 Å². The summed E-state index contributed by atoms with van der Waals surface area (Å²) in [5.41, 5.74) is 0. The molecule has 1 saturated heterocycles. The van der Waals surface area contributed by atoms with Gasteiger partial charge in [-0.05, 0) is 31.4 Å². The highest BCUT2D eigenvalue weighted by Gasteiger charge is 2.21. The highest BCUT2D eigenvalue weighted by molar-refractivity contribution is 7.99. The second kappa shape index (κ2) is 8.78. The number of hydrogen-bond donors (Lipinski definition) is 1. The Balaban J connectivity index is 2.12. The van der Waals surface area contributed by atoms with E-state index in [-0.39, 0.29) is 11.9 Å². The van der Waals surface area contributed by atoms with Crippen LogP contribution in [0.15, 0.2) is 0 Å². The van der Waals surface area contributed by atoms with Crippen LogP contribution < -0.4 is 5.32 Å². The van der Waals surface area contributed by atoms with Crippen molar-refractivity contribution in [2.45, 2.75) is 26.3 Å². The van der Waals surface area contributed by atoms with E-state index >= 15 is 0 Å². The Morgan fingerprint density at radius 1 is 1.47 bits per heavy atom. The Morgan fingerprint density at radius 3 is 2.82 bits per heavy atom. The van der Waals surface area contributed by atoms with E-state index in [1.807, 2.05) is 23.6 Å². The maximum Gasteiger partial charge on any atom is 0.239 e. The number of nitrogens with one attached hydrogen (secondary N) is 1. The third-order valence-corrected chi connectivity index (χ3v) is 3.80. The maximum atomic E-state index is 12.0. The Labute approximate surface area is 108 Å². The molecule has 1 N–H and O–H groups in total. The van der Waals surface area contributed by atoms with Gasteiger partial charge in [-0.1, -0.05) is 6.92 Å². The molecule has 0 aliphatic carbocycles. The van der Waals surface area contributed by atoms with Gasteiger partial charge in [0, 0.05) is 13.1 Å². The lowest BCUT2D eigenvalue weighted by molar-refractivity contribution is -0.137. The Bertz CT molecular complexity index is 221. The normalized spacial score (nSPS) is 18.1. The second-order valence-corrected chi connectivity index (χ2v) is 5.56. The van der Waals surface area contributed by atoms with Gasteiger partial charge in [-0.3, -0.25) is 4.79 Å². The van der Waals surface area contributed by atoms with Gasteiger partial charge in [-0.15, -0.1) is 0 Å². The molecule has 0 spiro atoms. The monoisotopic (exact) mass is 260 g/mol. The summed E-state index contributed by atoms with van der Waals surface area (Å²) < 4.78 is 5.24. The minimum absolute atomic E-state index is 0.0697. The zero-order valence-electron chi connectivity index (χ0n) is 10.9. The van der Waals surface area contributed by atoms with Gasteiger partial charge in [0.2, 0.25) is 5.91 Å². The van der Waals surface area contributed by atoms with Crippen LogP contribution in [0.4, 0.5) is 0 Å². The second-order valence-electron chi connectivity index (χ2n) is 4.16. The molecule has 1 aliphatic rings. The molecule has 0 radical (unpaired) electrons. The van der Waals surface area contributed by atoms with Crippen LogP contribution in [0.3, 0.4) is 0 Å². The summed E-state index contributed by atoms with van der Waals surface area (Å²) >= 11 is 1.94. The summed E-state index contributed by atoms with van der Waals surface area (Å²) in [7, 11) is 0. The molecular formula is C12H24N2O2S. The van der Waals surface area contributed by atoms with Crippen molar-refractivity contribution in [3.8, 4) is 0 Å². The van der Waals surface area contributed by atoms with E-state index in [2.05, 4.69) is 12.2 Å². The van der Waals surface area contributed by atoms with Crippen LogP contribution >= 0.6 is 11.8 Å². The molecule has 1 amide bonds. The molecule has 1 aliphatic heterocycles. The van der Waals surface area contributed by atoms with Crippen LogP contribution in [0.1, 0.15) is 20.3 Å². The molecule has 1 atom stereocenters. The fourth-order valence-electron chi connectivity index (χ4n) is 1.78. The lowest BCUT2D eigenvalue weighted by atomic mass is 10.2. The molecule has 100 valence electrons. The molecular weight excluding hydrogens is 236 g/mol. The van der Waals surface area contributed by atoms with Crippen LogP contribution in [0.25, 0.3) is 0 Å². The van der Waals surface area contributed by atoms with E-state index in [9.17, 15) is 4.79 Å². The molecule has 4 nitrogen and oxygen atoms in total. The minimum Gasteiger partial charge on any atom is -0.378 e. The number of carbonyl (C=O) groups is 1. The van der Waals surface area contributed by atoms with Crippen molar-refractivity contribution in [3.63, 3.8) is 0 Å². The van der Waals surface area contributed by atoms with Gasteiger partial charge in [-0.2, -0.15) is 11.8 Å². The Morgan fingerprint density at radius 2 is 2.18 bits per heavy atom. The first-order valence-electron chi connectivity index (χ1n) is 6.43. The van der Waals surface area contributed by atoms with Crippen LogP contribution in [0.2, 0.25) is 0 Å². The first-order chi connectivity index (χ1) is 8.25. The molecule has 17 heavy (non-hydrogen) atoms. The average molecular weight is 260 g/mol. The summed E-state index contributed by atoms with van der Waals surface area (Å²) in [5, 5.41) is 3.29. The molecule has 1 fully saturated rings. The summed E-state index contributed by atoms with van der Waals surface area (Å²) in [6, 6.07) is -0.0697. The van der Waals surface area contributed by atoms with Crippen molar-refractivity contribution >= 4 is 17.7 Å². The number of thioether (sulfide) groups is 1. The van der Waals surface area contributed by atoms with Crippen molar-refractivity contribution in [2.75, 3.05) is 44.4 Å². The zero-order chi connectivity index (χ0) is 12.5. The molecule has 5 heteroatoms. The van der Waals surface area contributed by atoms with Crippen LogP contribution in [-0.4, -0.2) is 61.2 Å². The van der Waals surface area contributed by atoms with E-state index in [1.54, 1.807) is 0 Å². The van der Waals surface area contributed by atoms with Gasteiger partial charge in [-0.25, -0.2) is 0 Å². The standard InChI is InChI=1S/C12H24N2O2S/c1-3-17-10-4-5-13-11(2)12(15)14-6-8-16-9-7-14/h11,13H,3-10H2,1-2H3. The average Bonchev–Trinajstić information content (AvgIpc) is 2.38. The van der Waals surface area contributed by atoms with Gasteiger partial charge in [0.1, 0.15) is 0 Å². The molecule has 1 rings (SSSR count). The number of hydrogen-bond acceptors (Lipinski definition) is 4. The number of rotatable bonds is 7. The van der Waals surface area contributed by atoms with Crippen molar-refractivity contribution < 1.29 is 9.53 Å². The van der Waals surface area contributed by atoms with Crippen molar-refractivity contribution in [2.24, 2.45) is 0 Å². The van der Waals surface area contributed by atoms with E-state index in [4.69, 9.17) is 4.74 Å². The van der Waals surface area contributed by atoms with Crippen molar-refractivity contribution in [1.29, 1.82) is 0 Å². The molecule has 1 heterocycles. The number of morpholine rings is 1. The van der Waals surface area contributed by atoms with Crippen LogP contribution in [-0.2, 0) is 9.53 Å². The van der Waals surface area contributed by atoms with Gasteiger partial charge in [0.05, 0.1) is 19.3 Å². The molecule has 1 unspecified atom stereocenters. The largest absolute Gasteiger partial charge is 0.378 e. The summed E-state index contributed by atoms with van der Waals surface area (Å²) in [4.78, 5) is 13.9.